The number of para-hydroxylation sites is 1. The molecule has 2 heterocycles. The summed E-state index contributed by atoms with van der Waals surface area (Å²) in [6, 6.07) is 15.2. The third-order valence-corrected chi connectivity index (χ3v) is 4.23. The van der Waals surface area contributed by atoms with E-state index in [0.717, 1.165) is 16.6 Å². The van der Waals surface area contributed by atoms with Gasteiger partial charge in [0, 0.05) is 5.39 Å². The molecule has 2 aromatic carbocycles. The van der Waals surface area contributed by atoms with Gasteiger partial charge >= 0.3 is 0 Å². The van der Waals surface area contributed by atoms with Crippen LogP contribution in [0.2, 0.25) is 0 Å². The van der Waals surface area contributed by atoms with Gasteiger partial charge in [0.15, 0.2) is 5.58 Å². The van der Waals surface area contributed by atoms with Crippen molar-refractivity contribution in [3.63, 3.8) is 0 Å². The van der Waals surface area contributed by atoms with Crippen molar-refractivity contribution in [3.8, 4) is 5.69 Å². The van der Waals surface area contributed by atoms with E-state index in [-0.39, 0.29) is 18.4 Å². The lowest BCUT2D eigenvalue weighted by atomic mass is 10.1. The molecule has 4 rings (SSSR count). The Morgan fingerprint density at radius 1 is 1.19 bits per heavy atom. The minimum absolute atomic E-state index is 0.100. The fraction of sp³-hybridized carbons (Fsp3) is 0.158. The summed E-state index contributed by atoms with van der Waals surface area (Å²) in [5.41, 5.74) is 3.25. The van der Waals surface area contributed by atoms with Gasteiger partial charge in [-0.2, -0.15) is 5.10 Å². The van der Waals surface area contributed by atoms with E-state index in [9.17, 15) is 4.79 Å². The molecule has 0 radical (unpaired) electrons. The molecule has 0 saturated carbocycles. The normalized spacial score (nSPS) is 12.2. The van der Waals surface area contributed by atoms with Gasteiger partial charge in [0.25, 0.3) is 0 Å². The Labute approximate surface area is 149 Å². The third-order valence-electron chi connectivity index (χ3n) is 4.23. The van der Waals surface area contributed by atoms with E-state index < -0.39 is 0 Å². The highest BCUT2D eigenvalue weighted by Crippen LogP contribution is 2.19. The van der Waals surface area contributed by atoms with Gasteiger partial charge < -0.3 is 9.84 Å². The topological polar surface area (TPSA) is 85.8 Å². The number of hydrogen-bond acceptors (Lipinski definition) is 5. The molecule has 2 aromatic heterocycles. The fourth-order valence-corrected chi connectivity index (χ4v) is 2.85. The predicted octanol–water partition coefficient (Wildman–Crippen LogP) is 2.83. The number of nitrogens with zero attached hydrogens (tertiary/aromatic N) is 4. The van der Waals surface area contributed by atoms with Crippen LogP contribution in [0.25, 0.3) is 16.7 Å². The summed E-state index contributed by atoms with van der Waals surface area (Å²) in [6.45, 7) is 1.95. The lowest BCUT2D eigenvalue weighted by molar-refractivity contribution is -0.121. The molecule has 1 unspecified atom stereocenters. The molecule has 0 fully saturated rings. The number of carbonyl (C=O) groups excluding carboxylic acids is 1. The van der Waals surface area contributed by atoms with E-state index in [1.165, 1.54) is 6.33 Å². The number of benzene rings is 2. The van der Waals surface area contributed by atoms with Crippen molar-refractivity contribution >= 4 is 16.9 Å². The number of carbonyl (C=O) groups is 1. The van der Waals surface area contributed by atoms with E-state index in [1.54, 1.807) is 11.0 Å². The molecular formula is C19H17N5O2. The quantitative estimate of drug-likeness (QED) is 0.600. The van der Waals surface area contributed by atoms with Gasteiger partial charge in [0.2, 0.25) is 5.91 Å². The van der Waals surface area contributed by atoms with E-state index in [2.05, 4.69) is 20.6 Å². The van der Waals surface area contributed by atoms with Crippen LogP contribution >= 0.6 is 0 Å². The molecular weight excluding hydrogens is 330 g/mol. The number of amides is 1. The minimum atomic E-state index is -0.120. The van der Waals surface area contributed by atoms with E-state index in [0.29, 0.717) is 11.3 Å². The average Bonchev–Trinajstić information content (AvgIpc) is 3.32. The van der Waals surface area contributed by atoms with Crippen LogP contribution < -0.4 is 5.32 Å². The highest BCUT2D eigenvalue weighted by Gasteiger charge is 2.14. The third kappa shape index (κ3) is 3.19. The Morgan fingerprint density at radius 2 is 2.00 bits per heavy atom. The molecule has 0 aliphatic carbocycles. The van der Waals surface area contributed by atoms with Gasteiger partial charge in [-0.1, -0.05) is 29.4 Å². The van der Waals surface area contributed by atoms with Crippen LogP contribution in [0, 0.1) is 0 Å². The largest absolute Gasteiger partial charge is 0.356 e. The highest BCUT2D eigenvalue weighted by molar-refractivity contribution is 5.86. The molecule has 7 nitrogen and oxygen atoms in total. The van der Waals surface area contributed by atoms with E-state index in [1.807, 2.05) is 55.5 Å². The number of rotatable bonds is 5. The molecule has 0 aliphatic heterocycles. The zero-order valence-corrected chi connectivity index (χ0v) is 14.2. The van der Waals surface area contributed by atoms with Crippen molar-refractivity contribution in [2.45, 2.75) is 19.4 Å². The first-order chi connectivity index (χ1) is 12.7. The van der Waals surface area contributed by atoms with Crippen LogP contribution in [0.15, 0.2) is 65.7 Å². The van der Waals surface area contributed by atoms with Crippen molar-refractivity contribution in [1.82, 2.24) is 25.2 Å². The second-order valence-electron chi connectivity index (χ2n) is 6.02. The molecule has 1 amide bonds. The number of hydrogen-bond donors (Lipinski definition) is 1. The van der Waals surface area contributed by atoms with Crippen molar-refractivity contribution in [3.05, 3.63) is 72.4 Å². The molecule has 0 aliphatic rings. The van der Waals surface area contributed by atoms with Gasteiger partial charge in [-0.25, -0.2) is 9.67 Å². The maximum atomic E-state index is 12.4. The van der Waals surface area contributed by atoms with Crippen LogP contribution in [0.5, 0.6) is 0 Å². The van der Waals surface area contributed by atoms with Crippen LogP contribution in [0.3, 0.4) is 0 Å². The summed E-state index contributed by atoms with van der Waals surface area (Å²) in [7, 11) is 0. The zero-order valence-electron chi connectivity index (χ0n) is 14.2. The summed E-state index contributed by atoms with van der Waals surface area (Å²) in [6.07, 6.45) is 3.31. The van der Waals surface area contributed by atoms with Gasteiger partial charge in [-0.05, 0) is 36.8 Å². The molecule has 130 valence electrons. The Balaban J connectivity index is 1.42. The average molecular weight is 347 g/mol. The smallest absolute Gasteiger partial charge is 0.226 e. The molecule has 7 heteroatoms. The summed E-state index contributed by atoms with van der Waals surface area (Å²) in [5, 5.41) is 12.0. The van der Waals surface area contributed by atoms with Gasteiger partial charge in [-0.3, -0.25) is 4.79 Å². The summed E-state index contributed by atoms with van der Waals surface area (Å²) < 4.78 is 6.93. The first-order valence-corrected chi connectivity index (χ1v) is 8.28. The van der Waals surface area contributed by atoms with Gasteiger partial charge in [0.1, 0.15) is 18.3 Å². The molecule has 26 heavy (non-hydrogen) atoms. The second-order valence-corrected chi connectivity index (χ2v) is 6.02. The van der Waals surface area contributed by atoms with Crippen LogP contribution in [-0.2, 0) is 11.2 Å². The van der Waals surface area contributed by atoms with Crippen molar-refractivity contribution in [1.29, 1.82) is 0 Å². The summed E-state index contributed by atoms with van der Waals surface area (Å²) in [4.78, 5) is 16.3. The van der Waals surface area contributed by atoms with Crippen LogP contribution in [0.1, 0.15) is 24.2 Å². The Morgan fingerprint density at radius 3 is 2.77 bits per heavy atom. The fourth-order valence-electron chi connectivity index (χ4n) is 2.85. The van der Waals surface area contributed by atoms with E-state index in [4.69, 9.17) is 4.52 Å². The molecule has 1 N–H and O–H groups in total. The molecule has 0 saturated heterocycles. The molecule has 0 spiro atoms. The van der Waals surface area contributed by atoms with Crippen molar-refractivity contribution in [2.75, 3.05) is 0 Å². The van der Waals surface area contributed by atoms with Crippen LogP contribution in [-0.4, -0.2) is 25.8 Å². The van der Waals surface area contributed by atoms with Gasteiger partial charge in [0.05, 0.1) is 18.2 Å². The number of nitrogens with one attached hydrogen (secondary N) is 1. The maximum absolute atomic E-state index is 12.4. The van der Waals surface area contributed by atoms with Crippen molar-refractivity contribution < 1.29 is 9.32 Å². The first-order valence-electron chi connectivity index (χ1n) is 8.28. The summed E-state index contributed by atoms with van der Waals surface area (Å²) >= 11 is 0. The Hall–Kier alpha value is -3.48. The Kier molecular flexibility index (Phi) is 4.18. The zero-order chi connectivity index (χ0) is 17.9. The Bertz CT molecular complexity index is 1020. The lowest BCUT2D eigenvalue weighted by Crippen LogP contribution is -2.28. The minimum Gasteiger partial charge on any atom is -0.356 e. The number of fused-ring (bicyclic) bond motifs is 1. The summed E-state index contributed by atoms with van der Waals surface area (Å²) in [5.74, 6) is -0.100. The molecule has 0 bridgehead atoms. The molecule has 1 atom stereocenters. The van der Waals surface area contributed by atoms with Gasteiger partial charge in [-0.15, -0.1) is 0 Å². The predicted molar refractivity (Wildman–Crippen MR) is 95.6 cm³/mol. The number of aromatic nitrogens is 4. The lowest BCUT2D eigenvalue weighted by Gasteiger charge is -2.14. The highest BCUT2D eigenvalue weighted by atomic mass is 16.5. The molecule has 4 aromatic rings. The van der Waals surface area contributed by atoms with Crippen molar-refractivity contribution in [2.24, 2.45) is 0 Å². The van der Waals surface area contributed by atoms with Crippen LogP contribution in [0.4, 0.5) is 0 Å². The van der Waals surface area contributed by atoms with E-state index >= 15 is 0 Å². The maximum Gasteiger partial charge on any atom is 0.226 e. The monoisotopic (exact) mass is 347 g/mol. The standard InChI is InChI=1S/C19H17N5O2/c1-13(14-6-8-15(9-7-14)24-12-20-11-21-24)22-19(25)10-17-16-4-2-3-5-18(16)26-23-17/h2-9,11-13H,10H2,1H3,(H,22,25). The second kappa shape index (κ2) is 6.79. The SMILES string of the molecule is CC(NC(=O)Cc1noc2ccccc12)c1ccc(-n2cncn2)cc1. The first kappa shape index (κ1) is 16.0.